The van der Waals surface area contributed by atoms with Crippen molar-refractivity contribution in [1.29, 1.82) is 0 Å². The summed E-state index contributed by atoms with van der Waals surface area (Å²) in [4.78, 5) is 18.7. The van der Waals surface area contributed by atoms with Gasteiger partial charge in [-0.15, -0.1) is 8.78 Å². The molecule has 2 aromatic carbocycles. The third kappa shape index (κ3) is 4.35. The molecule has 0 bridgehead atoms. The molecule has 11 heteroatoms. The number of anilines is 3. The number of hydrogen-bond acceptors (Lipinski definition) is 7. The molecule has 0 fully saturated rings. The summed E-state index contributed by atoms with van der Waals surface area (Å²) in [7, 11) is 0. The Morgan fingerprint density at radius 1 is 1.23 bits per heavy atom. The molecule has 0 aliphatic carbocycles. The molecule has 31 heavy (non-hydrogen) atoms. The zero-order valence-electron chi connectivity index (χ0n) is 16.1. The van der Waals surface area contributed by atoms with Crippen LogP contribution in [-0.2, 0) is 11.2 Å². The van der Waals surface area contributed by atoms with Gasteiger partial charge in [-0.3, -0.25) is 4.79 Å². The van der Waals surface area contributed by atoms with E-state index in [0.29, 0.717) is 28.1 Å². The van der Waals surface area contributed by atoms with E-state index in [4.69, 9.17) is 23.1 Å². The number of nitrogens with two attached hydrogens (primary N) is 2. The molecular weight excluding hydrogens is 450 g/mol. The van der Waals surface area contributed by atoms with Crippen LogP contribution in [0.5, 0.6) is 11.5 Å². The Morgan fingerprint density at radius 3 is 2.58 bits per heavy atom. The molecule has 1 aromatic heterocycles. The minimum absolute atomic E-state index is 0.109. The maximum Gasteiger partial charge on any atom is 0.586 e. The van der Waals surface area contributed by atoms with E-state index < -0.39 is 18.2 Å². The summed E-state index contributed by atoms with van der Waals surface area (Å²) in [6.45, 7) is 1.58. The van der Waals surface area contributed by atoms with Crippen LogP contribution in [0.3, 0.4) is 0 Å². The number of ether oxygens (including phenoxy) is 2. The Hall–Kier alpha value is -3.11. The van der Waals surface area contributed by atoms with Crippen molar-refractivity contribution in [2.75, 3.05) is 10.6 Å². The van der Waals surface area contributed by atoms with E-state index in [1.165, 1.54) is 34.4 Å². The van der Waals surface area contributed by atoms with Gasteiger partial charge in [-0.2, -0.15) is 0 Å². The molecule has 0 radical (unpaired) electrons. The normalized spacial score (nSPS) is 15.0. The van der Waals surface area contributed by atoms with Crippen LogP contribution in [0.4, 0.5) is 25.4 Å². The molecule has 1 aliphatic rings. The Balaban J connectivity index is 1.70. The van der Waals surface area contributed by atoms with Crippen LogP contribution >= 0.6 is 22.9 Å². The first kappa shape index (κ1) is 21.1. The van der Waals surface area contributed by atoms with Gasteiger partial charge in [0.05, 0.1) is 4.88 Å². The van der Waals surface area contributed by atoms with Gasteiger partial charge in [-0.25, -0.2) is 4.98 Å². The van der Waals surface area contributed by atoms with Crippen LogP contribution in [0.1, 0.15) is 17.4 Å². The van der Waals surface area contributed by atoms with Crippen molar-refractivity contribution in [3.8, 4) is 11.5 Å². The first-order valence-corrected chi connectivity index (χ1v) is 10.3. The first-order chi connectivity index (χ1) is 14.6. The molecule has 2 heterocycles. The van der Waals surface area contributed by atoms with Crippen molar-refractivity contribution in [2.45, 2.75) is 25.7 Å². The van der Waals surface area contributed by atoms with Crippen LogP contribution in [0.2, 0.25) is 5.02 Å². The number of amides is 1. The topological polar surface area (TPSA) is 104 Å². The van der Waals surface area contributed by atoms with Crippen molar-refractivity contribution in [3.63, 3.8) is 0 Å². The molecular formula is C20H17ClF2N4O3S. The van der Waals surface area contributed by atoms with Crippen molar-refractivity contribution in [1.82, 2.24) is 4.98 Å². The highest BCUT2D eigenvalue weighted by atomic mass is 35.5. The largest absolute Gasteiger partial charge is 0.586 e. The molecule has 4 rings (SSSR count). The number of thiazole rings is 1. The summed E-state index contributed by atoms with van der Waals surface area (Å²) >= 11 is 7.20. The van der Waals surface area contributed by atoms with Gasteiger partial charge in [0.2, 0.25) is 5.91 Å². The monoisotopic (exact) mass is 466 g/mol. The van der Waals surface area contributed by atoms with Crippen LogP contribution in [0.25, 0.3) is 0 Å². The maximum atomic E-state index is 13.4. The van der Waals surface area contributed by atoms with E-state index in [-0.39, 0.29) is 11.5 Å². The predicted octanol–water partition coefficient (Wildman–Crippen LogP) is 4.30. The Bertz CT molecular complexity index is 1140. The average molecular weight is 467 g/mol. The number of rotatable bonds is 6. The Kier molecular flexibility index (Phi) is 5.36. The van der Waals surface area contributed by atoms with Crippen LogP contribution in [0.15, 0.2) is 42.5 Å². The summed E-state index contributed by atoms with van der Waals surface area (Å²) in [6.07, 6.45) is -3.24. The van der Waals surface area contributed by atoms with Gasteiger partial charge in [-0.1, -0.05) is 35.1 Å². The number of carbonyl (C=O) groups is 1. The lowest BCUT2D eigenvalue weighted by Crippen LogP contribution is -2.39. The number of primary amides is 1. The van der Waals surface area contributed by atoms with Crippen LogP contribution in [0, 0.1) is 0 Å². The highest BCUT2D eigenvalue weighted by Crippen LogP contribution is 2.45. The standard InChI is InChI=1S/C20H17ClF2N4O3S/c1-10(18(25)28)27(13-6-7-14-15(9-13)30-20(22,23)29-14)19-26-17(24)16(31-19)8-11-2-4-12(21)5-3-11/h2-7,9-10H,8,24H2,1H3,(H2,25,28). The first-order valence-electron chi connectivity index (χ1n) is 9.11. The number of aromatic nitrogens is 1. The number of benzene rings is 2. The second kappa shape index (κ2) is 7.86. The van der Waals surface area contributed by atoms with Gasteiger partial charge in [0.15, 0.2) is 16.6 Å². The summed E-state index contributed by atoms with van der Waals surface area (Å²) in [6, 6.07) is 10.7. The lowest BCUT2D eigenvalue weighted by molar-refractivity contribution is -0.286. The Labute approximate surface area is 185 Å². The number of carbonyl (C=O) groups excluding carboxylic acids is 1. The van der Waals surface area contributed by atoms with Crippen molar-refractivity contribution >= 4 is 45.5 Å². The highest BCUT2D eigenvalue weighted by molar-refractivity contribution is 7.16. The summed E-state index contributed by atoms with van der Waals surface area (Å²) in [5.74, 6) is -0.600. The van der Waals surface area contributed by atoms with Gasteiger partial charge >= 0.3 is 6.29 Å². The third-order valence-electron chi connectivity index (χ3n) is 4.66. The summed E-state index contributed by atoms with van der Waals surface area (Å²) in [5.41, 5.74) is 13.0. The molecule has 4 N–H and O–H groups in total. The van der Waals surface area contributed by atoms with E-state index in [0.717, 1.165) is 10.4 Å². The lowest BCUT2D eigenvalue weighted by Gasteiger charge is -2.26. The Morgan fingerprint density at radius 2 is 1.90 bits per heavy atom. The van der Waals surface area contributed by atoms with E-state index in [1.807, 2.05) is 12.1 Å². The summed E-state index contributed by atoms with van der Waals surface area (Å²) in [5, 5.41) is 1.01. The molecule has 0 saturated carbocycles. The lowest BCUT2D eigenvalue weighted by atomic mass is 10.1. The van der Waals surface area contributed by atoms with Gasteiger partial charge in [0.25, 0.3) is 0 Å². The fraction of sp³-hybridized carbons (Fsp3) is 0.200. The van der Waals surface area contributed by atoms with Crippen LogP contribution in [-0.4, -0.2) is 23.2 Å². The average Bonchev–Trinajstić information content (AvgIpc) is 3.20. The zero-order valence-corrected chi connectivity index (χ0v) is 17.7. The fourth-order valence-corrected chi connectivity index (χ4v) is 4.32. The van der Waals surface area contributed by atoms with E-state index >= 15 is 0 Å². The summed E-state index contributed by atoms with van der Waals surface area (Å²) < 4.78 is 35.8. The third-order valence-corrected chi connectivity index (χ3v) is 5.98. The molecule has 162 valence electrons. The molecule has 1 unspecified atom stereocenters. The number of nitrogens with zero attached hydrogens (tertiary/aromatic N) is 2. The van der Waals surface area contributed by atoms with Gasteiger partial charge in [0, 0.05) is 23.2 Å². The van der Waals surface area contributed by atoms with Crippen LogP contribution < -0.4 is 25.8 Å². The predicted molar refractivity (Wildman–Crippen MR) is 114 cm³/mol. The smallest absolute Gasteiger partial charge is 0.395 e. The van der Waals surface area contributed by atoms with Gasteiger partial charge in [0.1, 0.15) is 11.9 Å². The number of hydrogen-bond donors (Lipinski definition) is 2. The fourth-order valence-electron chi connectivity index (χ4n) is 3.08. The van der Waals surface area contributed by atoms with Crippen molar-refractivity contribution in [2.24, 2.45) is 5.73 Å². The SMILES string of the molecule is CC(C(N)=O)N(c1ccc2c(c1)OC(F)(F)O2)c1nc(N)c(Cc2ccc(Cl)cc2)s1. The van der Waals surface area contributed by atoms with E-state index in [2.05, 4.69) is 14.5 Å². The number of nitrogen functional groups attached to an aromatic ring is 1. The number of halogens is 3. The zero-order chi connectivity index (χ0) is 22.3. The maximum absolute atomic E-state index is 13.4. The minimum atomic E-state index is -3.75. The molecule has 3 aromatic rings. The van der Waals surface area contributed by atoms with E-state index in [9.17, 15) is 13.6 Å². The quantitative estimate of drug-likeness (QED) is 0.561. The molecule has 0 saturated heterocycles. The van der Waals surface area contributed by atoms with Gasteiger partial charge < -0.3 is 25.8 Å². The molecule has 1 amide bonds. The second-order valence-electron chi connectivity index (χ2n) is 6.85. The van der Waals surface area contributed by atoms with Gasteiger partial charge in [-0.05, 0) is 36.8 Å². The highest BCUT2D eigenvalue weighted by Gasteiger charge is 2.43. The van der Waals surface area contributed by atoms with Crippen molar-refractivity contribution in [3.05, 3.63) is 57.9 Å². The molecule has 1 aliphatic heterocycles. The van der Waals surface area contributed by atoms with E-state index in [1.54, 1.807) is 19.1 Å². The van der Waals surface area contributed by atoms with Crippen molar-refractivity contribution < 1.29 is 23.0 Å². The molecule has 0 spiro atoms. The molecule has 1 atom stereocenters. The number of alkyl halides is 2. The second-order valence-corrected chi connectivity index (χ2v) is 8.35. The number of fused-ring (bicyclic) bond motifs is 1. The molecule has 7 nitrogen and oxygen atoms in total. The minimum Gasteiger partial charge on any atom is -0.395 e.